The number of hydrogen-bond acceptors (Lipinski definition) is 9. The van der Waals surface area contributed by atoms with Crippen LogP contribution < -0.4 is 4.74 Å². The summed E-state index contributed by atoms with van der Waals surface area (Å²) in [5, 5.41) is 23.1. The Hall–Kier alpha value is -2.72. The summed E-state index contributed by atoms with van der Waals surface area (Å²) in [6.07, 6.45) is 0.896. The number of thiophene rings is 1. The van der Waals surface area contributed by atoms with Gasteiger partial charge < -0.3 is 9.15 Å². The minimum absolute atomic E-state index is 0.0778. The van der Waals surface area contributed by atoms with E-state index >= 15 is 0 Å². The van der Waals surface area contributed by atoms with E-state index in [1.54, 1.807) is 18.4 Å². The number of tetrazole rings is 1. The molecule has 8 nitrogen and oxygen atoms in total. The second-order valence-electron chi connectivity index (χ2n) is 5.95. The van der Waals surface area contributed by atoms with Gasteiger partial charge in [0.05, 0.1) is 18.9 Å². The number of rotatable bonds is 8. The Labute approximate surface area is 169 Å². The Balaban J connectivity index is 1.42. The van der Waals surface area contributed by atoms with Crippen molar-refractivity contribution in [2.24, 2.45) is 0 Å². The highest BCUT2D eigenvalue weighted by Gasteiger charge is 2.19. The van der Waals surface area contributed by atoms with Gasteiger partial charge >= 0.3 is 0 Å². The molecular formula is C18H18N6O2S2. The van der Waals surface area contributed by atoms with Crippen LogP contribution in [0.4, 0.5) is 0 Å². The molecule has 4 rings (SSSR count). The fourth-order valence-corrected chi connectivity index (χ4v) is 4.09. The SMILES string of the molecule is COc1ccc(-c2nnc(C(C)Sc3nnnn3CCc3cccs3)o2)cc1. The van der Waals surface area contributed by atoms with Crippen LogP contribution >= 0.6 is 23.1 Å². The Morgan fingerprint density at radius 1 is 1.18 bits per heavy atom. The summed E-state index contributed by atoms with van der Waals surface area (Å²) >= 11 is 3.23. The van der Waals surface area contributed by atoms with Crippen LogP contribution in [0.1, 0.15) is 22.9 Å². The monoisotopic (exact) mass is 414 g/mol. The molecule has 1 unspecified atom stereocenters. The molecule has 0 radical (unpaired) electrons. The van der Waals surface area contributed by atoms with Crippen molar-refractivity contribution in [2.75, 3.05) is 7.11 Å². The van der Waals surface area contributed by atoms with E-state index in [0.29, 0.717) is 11.8 Å². The molecule has 0 saturated carbocycles. The summed E-state index contributed by atoms with van der Waals surface area (Å²) in [7, 11) is 1.63. The Kier molecular flexibility index (Phi) is 5.68. The highest BCUT2D eigenvalue weighted by molar-refractivity contribution is 7.99. The number of ether oxygens (including phenoxy) is 1. The van der Waals surface area contributed by atoms with Crippen LogP contribution in [-0.2, 0) is 13.0 Å². The largest absolute Gasteiger partial charge is 0.497 e. The second kappa shape index (κ2) is 8.53. The maximum atomic E-state index is 5.85. The van der Waals surface area contributed by atoms with E-state index in [1.807, 2.05) is 41.9 Å². The fraction of sp³-hybridized carbons (Fsp3) is 0.278. The smallest absolute Gasteiger partial charge is 0.247 e. The third-order valence-electron chi connectivity index (χ3n) is 4.06. The van der Waals surface area contributed by atoms with Crippen LogP contribution in [0.3, 0.4) is 0 Å². The molecule has 0 N–H and O–H groups in total. The van der Waals surface area contributed by atoms with Crippen molar-refractivity contribution in [1.29, 1.82) is 0 Å². The van der Waals surface area contributed by atoms with E-state index in [2.05, 4.69) is 37.2 Å². The van der Waals surface area contributed by atoms with Crippen LogP contribution in [-0.4, -0.2) is 37.5 Å². The summed E-state index contributed by atoms with van der Waals surface area (Å²) in [6, 6.07) is 11.7. The van der Waals surface area contributed by atoms with Crippen molar-refractivity contribution in [3.63, 3.8) is 0 Å². The molecule has 0 aliphatic rings. The first-order valence-corrected chi connectivity index (χ1v) is 10.4. The molecule has 1 aromatic carbocycles. The van der Waals surface area contributed by atoms with Gasteiger partial charge in [0.15, 0.2) is 0 Å². The van der Waals surface area contributed by atoms with Crippen molar-refractivity contribution < 1.29 is 9.15 Å². The minimum Gasteiger partial charge on any atom is -0.497 e. The molecule has 3 heterocycles. The van der Waals surface area contributed by atoms with Crippen LogP contribution in [0.25, 0.3) is 11.5 Å². The number of methoxy groups -OCH3 is 1. The van der Waals surface area contributed by atoms with E-state index in [1.165, 1.54) is 16.6 Å². The lowest BCUT2D eigenvalue weighted by atomic mass is 10.2. The molecule has 0 aliphatic heterocycles. The maximum absolute atomic E-state index is 5.85. The van der Waals surface area contributed by atoms with Crippen LogP contribution in [0, 0.1) is 0 Å². The topological polar surface area (TPSA) is 91.8 Å². The van der Waals surface area contributed by atoms with Gasteiger partial charge in [-0.25, -0.2) is 4.68 Å². The molecule has 0 saturated heterocycles. The quantitative estimate of drug-likeness (QED) is 0.401. The molecular weight excluding hydrogens is 396 g/mol. The molecule has 0 aliphatic carbocycles. The van der Waals surface area contributed by atoms with Gasteiger partial charge in [-0.05, 0) is 53.1 Å². The van der Waals surface area contributed by atoms with E-state index in [-0.39, 0.29) is 5.25 Å². The molecule has 0 bridgehead atoms. The second-order valence-corrected chi connectivity index (χ2v) is 8.29. The van der Waals surface area contributed by atoms with Crippen molar-refractivity contribution in [3.8, 4) is 17.2 Å². The number of nitrogens with zero attached hydrogens (tertiary/aromatic N) is 6. The summed E-state index contributed by atoms with van der Waals surface area (Å²) in [6.45, 7) is 2.72. The zero-order chi connectivity index (χ0) is 19.3. The van der Waals surface area contributed by atoms with Gasteiger partial charge in [0.2, 0.25) is 16.9 Å². The first-order valence-electron chi connectivity index (χ1n) is 8.66. The van der Waals surface area contributed by atoms with E-state index in [4.69, 9.17) is 9.15 Å². The van der Waals surface area contributed by atoms with Crippen molar-refractivity contribution in [2.45, 2.75) is 30.3 Å². The highest BCUT2D eigenvalue weighted by Crippen LogP contribution is 2.34. The average Bonchev–Trinajstić information content (AvgIpc) is 3.48. The van der Waals surface area contributed by atoms with Gasteiger partial charge in [0.1, 0.15) is 5.75 Å². The standard InChI is InChI=1S/C18H18N6O2S2/c1-12(16-19-20-17(26-16)13-5-7-14(25-2)8-6-13)28-18-21-22-23-24(18)10-9-15-4-3-11-27-15/h3-8,11-12H,9-10H2,1-2H3. The molecule has 10 heteroatoms. The summed E-state index contributed by atoms with van der Waals surface area (Å²) < 4.78 is 12.8. The van der Waals surface area contributed by atoms with Gasteiger partial charge in [-0.3, -0.25) is 0 Å². The van der Waals surface area contributed by atoms with Gasteiger partial charge in [0, 0.05) is 16.9 Å². The predicted molar refractivity (Wildman–Crippen MR) is 106 cm³/mol. The summed E-state index contributed by atoms with van der Waals surface area (Å²) in [4.78, 5) is 1.31. The molecule has 28 heavy (non-hydrogen) atoms. The lowest BCUT2D eigenvalue weighted by Gasteiger charge is -2.06. The Bertz CT molecular complexity index is 1010. The van der Waals surface area contributed by atoms with Crippen LogP contribution in [0.5, 0.6) is 5.75 Å². The molecule has 0 fully saturated rings. The van der Waals surface area contributed by atoms with Crippen molar-refractivity contribution >= 4 is 23.1 Å². The minimum atomic E-state index is -0.0778. The molecule has 1 atom stereocenters. The highest BCUT2D eigenvalue weighted by atomic mass is 32.2. The molecule has 0 amide bonds. The van der Waals surface area contributed by atoms with Gasteiger partial charge in [-0.15, -0.1) is 26.6 Å². The molecule has 144 valence electrons. The molecule has 3 aromatic heterocycles. The van der Waals surface area contributed by atoms with Crippen molar-refractivity contribution in [1.82, 2.24) is 30.4 Å². The zero-order valence-corrected chi connectivity index (χ0v) is 17.0. The van der Waals surface area contributed by atoms with E-state index < -0.39 is 0 Å². The number of aryl methyl sites for hydroxylation is 2. The Morgan fingerprint density at radius 3 is 2.79 bits per heavy atom. The lowest BCUT2D eigenvalue weighted by Crippen LogP contribution is -2.05. The number of aromatic nitrogens is 6. The van der Waals surface area contributed by atoms with E-state index in [9.17, 15) is 0 Å². The number of hydrogen-bond donors (Lipinski definition) is 0. The van der Waals surface area contributed by atoms with Gasteiger partial charge in [0.25, 0.3) is 0 Å². The van der Waals surface area contributed by atoms with Gasteiger partial charge in [-0.1, -0.05) is 17.8 Å². The first kappa shape index (κ1) is 18.6. The Morgan fingerprint density at radius 2 is 2.04 bits per heavy atom. The van der Waals surface area contributed by atoms with E-state index in [0.717, 1.165) is 29.4 Å². The summed E-state index contributed by atoms with van der Waals surface area (Å²) in [5.74, 6) is 1.79. The van der Waals surface area contributed by atoms with Crippen LogP contribution in [0.15, 0.2) is 51.4 Å². The van der Waals surface area contributed by atoms with Crippen LogP contribution in [0.2, 0.25) is 0 Å². The average molecular weight is 415 g/mol. The number of thioether (sulfide) groups is 1. The normalized spacial score (nSPS) is 12.2. The summed E-state index contributed by atoms with van der Waals surface area (Å²) in [5.41, 5.74) is 0.845. The fourth-order valence-electron chi connectivity index (χ4n) is 2.55. The van der Waals surface area contributed by atoms with Crippen molar-refractivity contribution in [3.05, 3.63) is 52.5 Å². The molecule has 4 aromatic rings. The third kappa shape index (κ3) is 4.23. The zero-order valence-electron chi connectivity index (χ0n) is 15.3. The van der Waals surface area contributed by atoms with Gasteiger partial charge in [-0.2, -0.15) is 0 Å². The maximum Gasteiger partial charge on any atom is 0.247 e. The first-order chi connectivity index (χ1) is 13.7. The third-order valence-corrected chi connectivity index (χ3v) is 6.05. The lowest BCUT2D eigenvalue weighted by molar-refractivity contribution is 0.415. The predicted octanol–water partition coefficient (Wildman–Crippen LogP) is 3.89. The molecule has 0 spiro atoms. The number of benzene rings is 1.